The fourth-order valence-corrected chi connectivity index (χ4v) is 3.24. The summed E-state index contributed by atoms with van der Waals surface area (Å²) < 4.78 is 4.82. The molecule has 146 valence electrons. The maximum Gasteiger partial charge on any atom is 0.326 e. The summed E-state index contributed by atoms with van der Waals surface area (Å²) in [5.41, 5.74) is -0.0199. The number of anilines is 1. The summed E-state index contributed by atoms with van der Waals surface area (Å²) in [5, 5.41) is 13.1. The summed E-state index contributed by atoms with van der Waals surface area (Å²) in [6.07, 6.45) is 4.61. The molecule has 1 fully saturated rings. The Morgan fingerprint density at radius 1 is 1.18 bits per heavy atom. The van der Waals surface area contributed by atoms with E-state index in [1.807, 2.05) is 12.2 Å². The average Bonchev–Trinajstić information content (AvgIpc) is 2.92. The second kappa shape index (κ2) is 7.99. The zero-order valence-electron chi connectivity index (χ0n) is 14.7. The van der Waals surface area contributed by atoms with E-state index in [4.69, 9.17) is 4.74 Å². The number of allylic oxidation sites excluding steroid dienone is 2. The van der Waals surface area contributed by atoms with Gasteiger partial charge in [-0.25, -0.2) is 0 Å². The van der Waals surface area contributed by atoms with Crippen molar-refractivity contribution in [3.8, 4) is 0 Å². The number of carbonyl (C=O) groups is 4. The van der Waals surface area contributed by atoms with Crippen LogP contribution in [0.4, 0.5) is 11.4 Å². The number of carbonyl (C=O) groups excluding carboxylic acids is 4. The van der Waals surface area contributed by atoms with Crippen LogP contribution in [0.3, 0.4) is 0 Å². The van der Waals surface area contributed by atoms with Gasteiger partial charge in [-0.2, -0.15) is 0 Å². The molecule has 0 radical (unpaired) electrons. The normalized spacial score (nSPS) is 20.6. The summed E-state index contributed by atoms with van der Waals surface area (Å²) in [6, 6.07) is 5.28. The first-order chi connectivity index (χ1) is 13.4. The molecule has 1 saturated heterocycles. The van der Waals surface area contributed by atoms with E-state index in [-0.39, 0.29) is 11.4 Å². The number of nitro groups is 1. The second-order valence-corrected chi connectivity index (χ2v) is 6.43. The molecule has 3 amide bonds. The van der Waals surface area contributed by atoms with Crippen molar-refractivity contribution in [2.45, 2.75) is 12.8 Å². The Balaban J connectivity index is 1.50. The van der Waals surface area contributed by atoms with Crippen LogP contribution in [0, 0.1) is 22.0 Å². The number of fused-ring (bicyclic) bond motifs is 1. The molecule has 0 aromatic heterocycles. The van der Waals surface area contributed by atoms with E-state index >= 15 is 0 Å². The largest absolute Gasteiger partial charge is 0.454 e. The number of non-ortho nitro benzene ring substituents is 1. The number of esters is 1. The highest BCUT2D eigenvalue weighted by Crippen LogP contribution is 2.34. The van der Waals surface area contributed by atoms with Crippen molar-refractivity contribution in [2.75, 3.05) is 18.5 Å². The molecule has 2 atom stereocenters. The Bertz CT molecular complexity index is 854. The molecule has 0 spiro atoms. The lowest BCUT2D eigenvalue weighted by Gasteiger charge is -2.14. The molecule has 10 nitrogen and oxygen atoms in total. The number of hydrogen-bond donors (Lipinski definition) is 1. The Morgan fingerprint density at radius 2 is 1.82 bits per heavy atom. The minimum absolute atomic E-state index is 0.178. The zero-order chi connectivity index (χ0) is 20.3. The van der Waals surface area contributed by atoms with Gasteiger partial charge in [-0.1, -0.05) is 18.2 Å². The maximum absolute atomic E-state index is 12.3. The third-order valence-electron chi connectivity index (χ3n) is 4.59. The molecule has 10 heteroatoms. The van der Waals surface area contributed by atoms with Crippen LogP contribution >= 0.6 is 0 Å². The third kappa shape index (κ3) is 4.05. The minimum atomic E-state index is -0.887. The molecule has 1 aliphatic carbocycles. The molecule has 0 unspecified atom stereocenters. The smallest absolute Gasteiger partial charge is 0.326 e. The molecule has 3 rings (SSSR count). The summed E-state index contributed by atoms with van der Waals surface area (Å²) in [6.45, 7) is -1.19. The molecular weight excluding hydrogens is 370 g/mol. The van der Waals surface area contributed by atoms with Crippen molar-refractivity contribution >= 4 is 35.1 Å². The van der Waals surface area contributed by atoms with Gasteiger partial charge in [0.15, 0.2) is 6.61 Å². The number of imide groups is 1. The lowest BCUT2D eigenvalue weighted by molar-refractivity contribution is -0.384. The fraction of sp³-hybridized carbons (Fsp3) is 0.333. The number of hydrogen-bond acceptors (Lipinski definition) is 7. The van der Waals surface area contributed by atoms with Crippen LogP contribution in [0.25, 0.3) is 0 Å². The molecule has 1 aromatic carbocycles. The first kappa shape index (κ1) is 19.2. The molecule has 1 aliphatic heterocycles. The van der Waals surface area contributed by atoms with Crippen LogP contribution < -0.4 is 5.32 Å². The molecule has 28 heavy (non-hydrogen) atoms. The number of nitro benzene ring substituents is 1. The van der Waals surface area contributed by atoms with E-state index in [2.05, 4.69) is 5.32 Å². The topological polar surface area (TPSA) is 136 Å². The summed E-state index contributed by atoms with van der Waals surface area (Å²) >= 11 is 0. The van der Waals surface area contributed by atoms with Crippen LogP contribution in [0.15, 0.2) is 36.4 Å². The van der Waals surface area contributed by atoms with E-state index in [0.717, 1.165) is 11.0 Å². The molecule has 1 N–H and O–H groups in total. The van der Waals surface area contributed by atoms with Crippen molar-refractivity contribution in [3.05, 3.63) is 46.5 Å². The number of ether oxygens (including phenoxy) is 1. The van der Waals surface area contributed by atoms with Gasteiger partial charge >= 0.3 is 5.97 Å². The van der Waals surface area contributed by atoms with Gasteiger partial charge in [-0.3, -0.25) is 34.2 Å². The molecule has 0 bridgehead atoms. The van der Waals surface area contributed by atoms with Crippen molar-refractivity contribution in [1.82, 2.24) is 4.90 Å². The van der Waals surface area contributed by atoms with Crippen molar-refractivity contribution in [2.24, 2.45) is 11.8 Å². The maximum atomic E-state index is 12.3. The molecule has 1 aromatic rings. The van der Waals surface area contributed by atoms with Crippen LogP contribution in [0.1, 0.15) is 12.8 Å². The molecular formula is C18H17N3O7. The number of amides is 3. The minimum Gasteiger partial charge on any atom is -0.454 e. The lowest BCUT2D eigenvalue weighted by atomic mass is 9.85. The van der Waals surface area contributed by atoms with Gasteiger partial charge in [0.1, 0.15) is 6.54 Å². The van der Waals surface area contributed by atoms with Crippen LogP contribution in [-0.4, -0.2) is 46.7 Å². The predicted octanol–water partition coefficient (Wildman–Crippen LogP) is 1.03. The van der Waals surface area contributed by atoms with Gasteiger partial charge in [0, 0.05) is 17.8 Å². The molecule has 0 saturated carbocycles. The molecule has 2 aliphatic rings. The van der Waals surface area contributed by atoms with E-state index in [0.29, 0.717) is 12.8 Å². The summed E-state index contributed by atoms with van der Waals surface area (Å²) in [7, 11) is 0. The van der Waals surface area contributed by atoms with Crippen molar-refractivity contribution in [1.29, 1.82) is 0 Å². The second-order valence-electron chi connectivity index (χ2n) is 6.43. The Labute approximate surface area is 159 Å². The standard InChI is InChI=1S/C18H17N3O7/c22-15(19-11-4-3-5-12(8-11)21(26)27)10-28-16(23)9-20-17(24)13-6-1-2-7-14(13)18(20)25/h1-5,8,13-14H,6-7,9-10H2,(H,19,22)/t13-,14-/m0/s1. The Hall–Kier alpha value is -3.56. The predicted molar refractivity (Wildman–Crippen MR) is 94.8 cm³/mol. The van der Waals surface area contributed by atoms with Crippen LogP contribution in [-0.2, 0) is 23.9 Å². The van der Waals surface area contributed by atoms with E-state index in [9.17, 15) is 29.3 Å². The van der Waals surface area contributed by atoms with Gasteiger partial charge in [-0.15, -0.1) is 0 Å². The number of rotatable bonds is 6. The third-order valence-corrected chi connectivity index (χ3v) is 4.59. The number of nitrogens with zero attached hydrogens (tertiary/aromatic N) is 2. The fourth-order valence-electron chi connectivity index (χ4n) is 3.24. The Morgan fingerprint density at radius 3 is 2.43 bits per heavy atom. The molecule has 1 heterocycles. The van der Waals surface area contributed by atoms with Gasteiger partial charge in [0.05, 0.1) is 16.8 Å². The summed E-state index contributed by atoms with van der Waals surface area (Å²) in [5.74, 6) is -3.28. The highest BCUT2D eigenvalue weighted by Gasteiger charge is 2.47. The zero-order valence-corrected chi connectivity index (χ0v) is 14.7. The first-order valence-corrected chi connectivity index (χ1v) is 8.57. The monoisotopic (exact) mass is 387 g/mol. The van der Waals surface area contributed by atoms with E-state index in [1.165, 1.54) is 18.2 Å². The Kier molecular flexibility index (Phi) is 5.48. The SMILES string of the molecule is O=C(COC(=O)CN1C(=O)[C@H]2CC=CC[C@@H]2C1=O)Nc1cccc([N+](=O)[O-])c1. The quantitative estimate of drug-likeness (QED) is 0.253. The van der Waals surface area contributed by atoms with Gasteiger partial charge in [-0.05, 0) is 18.9 Å². The van der Waals surface area contributed by atoms with Crippen molar-refractivity contribution < 1.29 is 28.8 Å². The van der Waals surface area contributed by atoms with Gasteiger partial charge in [0.25, 0.3) is 11.6 Å². The van der Waals surface area contributed by atoms with Crippen LogP contribution in [0.2, 0.25) is 0 Å². The van der Waals surface area contributed by atoms with Crippen LogP contribution in [0.5, 0.6) is 0 Å². The lowest BCUT2D eigenvalue weighted by Crippen LogP contribution is -2.37. The van der Waals surface area contributed by atoms with Crippen molar-refractivity contribution in [3.63, 3.8) is 0 Å². The first-order valence-electron chi connectivity index (χ1n) is 8.57. The average molecular weight is 387 g/mol. The number of nitrogens with one attached hydrogen (secondary N) is 1. The van der Waals surface area contributed by atoms with E-state index in [1.54, 1.807) is 0 Å². The van der Waals surface area contributed by atoms with E-state index < -0.39 is 53.6 Å². The number of likely N-dealkylation sites (tertiary alicyclic amines) is 1. The number of benzene rings is 1. The van der Waals surface area contributed by atoms with Gasteiger partial charge in [0.2, 0.25) is 11.8 Å². The highest BCUT2D eigenvalue weighted by molar-refractivity contribution is 6.07. The summed E-state index contributed by atoms with van der Waals surface area (Å²) in [4.78, 5) is 59.4. The van der Waals surface area contributed by atoms with Gasteiger partial charge < -0.3 is 10.1 Å². The highest BCUT2D eigenvalue weighted by atomic mass is 16.6.